The highest BCUT2D eigenvalue weighted by atomic mass is 16.8. The Balaban J connectivity index is 0.636. The van der Waals surface area contributed by atoms with Crippen molar-refractivity contribution in [3.05, 3.63) is 24.3 Å². The van der Waals surface area contributed by atoms with E-state index in [1.54, 1.807) is 7.11 Å². The van der Waals surface area contributed by atoms with Crippen molar-refractivity contribution in [2.45, 2.75) is 325 Å². The summed E-state index contributed by atoms with van der Waals surface area (Å²) in [5, 5.41) is 20.0. The van der Waals surface area contributed by atoms with Crippen molar-refractivity contribution in [3.63, 3.8) is 0 Å². The fraction of sp³-hybridized carbons (Fsp3) is 0.918. The Morgan fingerprint density at radius 2 is 1.27 bits per heavy atom. The van der Waals surface area contributed by atoms with Gasteiger partial charge in [-0.15, -0.1) is 0 Å². The van der Waals surface area contributed by atoms with Crippen LogP contribution in [0.4, 0.5) is 0 Å². The van der Waals surface area contributed by atoms with Gasteiger partial charge >= 0.3 is 5.97 Å². The van der Waals surface area contributed by atoms with Crippen LogP contribution in [-0.4, -0.2) is 200 Å². The summed E-state index contributed by atoms with van der Waals surface area (Å²) in [4.78, 5) is 14.5. The van der Waals surface area contributed by atoms with Gasteiger partial charge in [-0.2, -0.15) is 0 Å². The van der Waals surface area contributed by atoms with Gasteiger partial charge in [-0.25, -0.2) is 0 Å². The molecule has 16 fully saturated rings. The molecule has 2 N–H and O–H groups in total. The van der Waals surface area contributed by atoms with Crippen LogP contribution in [-0.2, 0) is 80.6 Å². The van der Waals surface area contributed by atoms with Crippen LogP contribution in [0.3, 0.4) is 0 Å². The normalized spacial score (nSPS) is 55.7. The molecular weight excluding hydrogens is 1040 g/mol. The summed E-state index contributed by atoms with van der Waals surface area (Å²) >= 11 is 0. The van der Waals surface area contributed by atoms with Crippen LogP contribution in [0.5, 0.6) is 0 Å². The van der Waals surface area contributed by atoms with Crippen molar-refractivity contribution in [2.24, 2.45) is 11.8 Å². The molecule has 12 bridgehead atoms. The van der Waals surface area contributed by atoms with E-state index in [0.717, 1.165) is 81.8 Å². The fourth-order valence-electron chi connectivity index (χ4n) is 18.1. The molecule has 19 unspecified atom stereocenters. The van der Waals surface area contributed by atoms with Crippen LogP contribution in [0.15, 0.2) is 24.3 Å². The van der Waals surface area contributed by atoms with Gasteiger partial charge < -0.3 is 86.0 Å². The highest BCUT2D eigenvalue weighted by Crippen LogP contribution is 2.56. The summed E-state index contributed by atoms with van der Waals surface area (Å²) in [5.41, 5.74) is 2.19. The predicted molar refractivity (Wildman–Crippen MR) is 279 cm³/mol. The maximum atomic E-state index is 14.5. The maximum Gasteiger partial charge on any atom is 0.308 e. The number of aliphatic hydroxyl groups is 2. The van der Waals surface area contributed by atoms with E-state index in [2.05, 4.69) is 27.0 Å². The molecule has 16 aliphatic heterocycles. The molecule has 19 heteroatoms. The van der Waals surface area contributed by atoms with E-state index < -0.39 is 47.9 Å². The van der Waals surface area contributed by atoms with E-state index in [1.165, 1.54) is 0 Å². The van der Waals surface area contributed by atoms with E-state index in [1.807, 2.05) is 0 Å². The Bertz CT molecular complexity index is 2320. The molecule has 0 aromatic heterocycles. The summed E-state index contributed by atoms with van der Waals surface area (Å²) in [5.74, 6) is -2.16. The van der Waals surface area contributed by atoms with Gasteiger partial charge in [0.25, 0.3) is 0 Å². The zero-order valence-corrected chi connectivity index (χ0v) is 47.1. The number of hydrogen-bond acceptors (Lipinski definition) is 19. The van der Waals surface area contributed by atoms with Gasteiger partial charge in [-0.05, 0) is 87.2 Å². The fourth-order valence-corrected chi connectivity index (χ4v) is 18.1. The average Bonchev–Trinajstić information content (AvgIpc) is 4.46. The van der Waals surface area contributed by atoms with Gasteiger partial charge in [0.05, 0.1) is 123 Å². The number of ether oxygens (including phenoxy) is 16. The molecule has 0 amide bonds. The minimum atomic E-state index is -0.955. The van der Waals surface area contributed by atoms with Crippen molar-refractivity contribution in [2.75, 3.05) is 13.7 Å². The Morgan fingerprint density at radius 1 is 0.562 bits per heavy atom. The molecule has 0 saturated carbocycles. The summed E-state index contributed by atoms with van der Waals surface area (Å²) in [7, 11) is 1.67. The van der Waals surface area contributed by atoms with Crippen LogP contribution in [0.1, 0.15) is 155 Å². The Kier molecular flexibility index (Phi) is 14.6. The molecule has 0 aromatic rings. The van der Waals surface area contributed by atoms with Crippen LogP contribution in [0.25, 0.3) is 0 Å². The van der Waals surface area contributed by atoms with Crippen LogP contribution < -0.4 is 0 Å². The second-order valence-corrected chi connectivity index (χ2v) is 27.5. The van der Waals surface area contributed by atoms with E-state index in [0.29, 0.717) is 70.1 Å². The first-order valence-electron chi connectivity index (χ1n) is 31.4. The SMILES string of the molecule is C=C1CC2CCC[C@@]34C[C@H]5OC6C(OC7CCC(CC(=O)OC8C[C@@H]9O[C@@H]%10C[C@]%11(CC%12O[C@@]%13(CCC%12O%11)C[C@H](C)CC(CC%11OC(C(O)CO)CC%11OC)O%13)O[C@@H]%10C[C@@H]9OC8CC8OC(CCC1O2)C[C@@H](C)C8=C)O[C@@H]7C6O3)C5O4. The monoisotopic (exact) mass is 1120 g/mol. The lowest BCUT2D eigenvalue weighted by atomic mass is 9.83. The molecule has 19 nitrogen and oxygen atoms in total. The van der Waals surface area contributed by atoms with Gasteiger partial charge in [-0.1, -0.05) is 27.0 Å². The van der Waals surface area contributed by atoms with Gasteiger partial charge in [0.2, 0.25) is 0 Å². The van der Waals surface area contributed by atoms with Crippen molar-refractivity contribution in [1.29, 1.82) is 0 Å². The van der Waals surface area contributed by atoms with Crippen LogP contribution in [0.2, 0.25) is 0 Å². The van der Waals surface area contributed by atoms with Gasteiger partial charge in [0, 0.05) is 77.7 Å². The number of fused-ring (bicyclic) bond motifs is 9. The van der Waals surface area contributed by atoms with Crippen LogP contribution >= 0.6 is 0 Å². The van der Waals surface area contributed by atoms with Crippen molar-refractivity contribution < 1.29 is 90.8 Å². The number of carbonyl (C=O) groups excluding carboxylic acids is 1. The number of hydrogen-bond donors (Lipinski definition) is 2. The third-order valence-corrected chi connectivity index (χ3v) is 21.9. The standard InChI is InChI=1S/C61H88O19/c1-29-15-36(18-44-43(65-5)21-42(69-44)37(63)28-62)75-60(24-29)14-12-39-51(78-60)26-61(76-39)25-50-49(77-61)23-47-46(71-50)22-48-45(70-47)20-41-32(4)30(2)16-34(67-41)8-10-38-31(3)17-33(66-38)7-6-13-59-27-52-55(79-59)56-57(74-52)58(80-59)54-40(73-56)11-9-35(68-54)19-53(64)72-48/h29-30,33-52,54-58,62-63H,3-4,6-28H2,1-2,5H3/t29-,30-,33?,34?,35?,36?,37?,38?,39?,40?,41?,42?,43?,44?,45?,46+,47+,48?,49-,50-,51?,52-,54+,55?,56?,57?,58?,59+,60+,61-/m1/s1. The minimum Gasteiger partial charge on any atom is -0.459 e. The smallest absolute Gasteiger partial charge is 0.308 e. The summed E-state index contributed by atoms with van der Waals surface area (Å²) in [6, 6.07) is 0. The first-order valence-corrected chi connectivity index (χ1v) is 31.4. The quantitative estimate of drug-likeness (QED) is 0.244. The Labute approximate surface area is 470 Å². The second-order valence-electron chi connectivity index (χ2n) is 27.5. The number of esters is 1. The molecule has 16 aliphatic rings. The molecule has 0 aromatic carbocycles. The van der Waals surface area contributed by atoms with Gasteiger partial charge in [0.15, 0.2) is 17.4 Å². The van der Waals surface area contributed by atoms with Crippen molar-refractivity contribution >= 4 is 5.97 Å². The molecule has 80 heavy (non-hydrogen) atoms. The molecule has 446 valence electrons. The summed E-state index contributed by atoms with van der Waals surface area (Å²) in [6.45, 7) is 13.2. The van der Waals surface area contributed by atoms with Crippen molar-refractivity contribution in [1.82, 2.24) is 0 Å². The molecular formula is C61H88O19. The third kappa shape index (κ3) is 10.1. The average molecular weight is 1130 g/mol. The van der Waals surface area contributed by atoms with E-state index in [4.69, 9.17) is 75.8 Å². The topological polar surface area (TPSA) is 205 Å². The molecule has 16 rings (SSSR count). The molecule has 30 atom stereocenters. The Morgan fingerprint density at radius 3 is 2.14 bits per heavy atom. The summed E-state index contributed by atoms with van der Waals surface area (Å²) in [6.07, 6.45) is 8.05. The first-order chi connectivity index (χ1) is 38.7. The number of rotatable bonds is 5. The summed E-state index contributed by atoms with van der Waals surface area (Å²) < 4.78 is 109. The van der Waals surface area contributed by atoms with E-state index in [9.17, 15) is 15.0 Å². The lowest BCUT2D eigenvalue weighted by Gasteiger charge is -2.48. The molecule has 0 aliphatic carbocycles. The first kappa shape index (κ1) is 54.9. The van der Waals surface area contributed by atoms with Crippen molar-refractivity contribution in [3.8, 4) is 0 Å². The van der Waals surface area contributed by atoms with Gasteiger partial charge in [-0.3, -0.25) is 4.79 Å². The highest BCUT2D eigenvalue weighted by molar-refractivity contribution is 5.70. The van der Waals surface area contributed by atoms with E-state index >= 15 is 0 Å². The minimum absolute atomic E-state index is 0.00383. The zero-order valence-electron chi connectivity index (χ0n) is 47.1. The highest BCUT2D eigenvalue weighted by Gasteiger charge is 2.69. The van der Waals surface area contributed by atoms with E-state index in [-0.39, 0.29) is 147 Å². The molecule has 16 saturated heterocycles. The number of methoxy groups -OCH3 is 1. The second kappa shape index (κ2) is 21.3. The molecule has 0 radical (unpaired) electrons. The predicted octanol–water partition coefficient (Wildman–Crippen LogP) is 5.87. The number of carbonyl (C=O) groups is 1. The largest absolute Gasteiger partial charge is 0.459 e. The van der Waals surface area contributed by atoms with Crippen LogP contribution in [0, 0.1) is 11.8 Å². The molecule has 16 heterocycles. The Hall–Kier alpha value is -1.73. The zero-order chi connectivity index (χ0) is 54.4. The molecule has 3 spiro atoms. The lowest BCUT2D eigenvalue weighted by molar-refractivity contribution is -0.333. The lowest BCUT2D eigenvalue weighted by Crippen LogP contribution is -2.61. The van der Waals surface area contributed by atoms with Gasteiger partial charge in [0.1, 0.15) is 42.7 Å². The maximum absolute atomic E-state index is 14.5. The third-order valence-electron chi connectivity index (χ3n) is 21.9. The number of aliphatic hydroxyl groups excluding tert-OH is 2.